The summed E-state index contributed by atoms with van der Waals surface area (Å²) >= 11 is 7.00. The molecule has 11 heteroatoms. The highest BCUT2D eigenvalue weighted by Gasteiger charge is 2.27. The molecular formula is C37H37ClFN5O4. The molecule has 8 bridgehead atoms. The second kappa shape index (κ2) is 12.7. The lowest BCUT2D eigenvalue weighted by Crippen LogP contribution is -2.13. The molecule has 0 saturated heterocycles. The highest BCUT2D eigenvalue weighted by Crippen LogP contribution is 2.42. The number of esters is 1. The number of halogens is 2. The summed E-state index contributed by atoms with van der Waals surface area (Å²) in [7, 11) is 5.22. The molecule has 6 aromatic rings. The zero-order valence-corrected chi connectivity index (χ0v) is 28.4. The minimum absolute atomic E-state index is 0.243. The summed E-state index contributed by atoms with van der Waals surface area (Å²) in [5.74, 6) is -0.0254. The Morgan fingerprint density at radius 2 is 1.81 bits per heavy atom. The molecule has 3 aromatic carbocycles. The highest BCUT2D eigenvalue weighted by atomic mass is 35.5. The molecule has 3 aromatic heterocycles. The lowest BCUT2D eigenvalue weighted by molar-refractivity contribution is 0.0587. The van der Waals surface area contributed by atoms with Crippen LogP contribution in [0.4, 0.5) is 4.39 Å². The van der Waals surface area contributed by atoms with Crippen LogP contribution in [-0.2, 0) is 56.2 Å². The molecule has 1 aliphatic rings. The molecule has 0 amide bonds. The molecule has 248 valence electrons. The third-order valence-corrected chi connectivity index (χ3v) is 9.68. The summed E-state index contributed by atoms with van der Waals surface area (Å²) in [5, 5.41) is 12.6. The largest absolute Gasteiger partial charge is 0.493 e. The van der Waals surface area contributed by atoms with Gasteiger partial charge in [-0.3, -0.25) is 9.36 Å². The number of benzene rings is 3. The van der Waals surface area contributed by atoms with E-state index < -0.39 is 5.97 Å². The predicted octanol–water partition coefficient (Wildman–Crippen LogP) is 7.41. The first-order chi connectivity index (χ1) is 23.1. The number of carbonyl (C=O) groups is 1. The molecule has 48 heavy (non-hydrogen) atoms. The van der Waals surface area contributed by atoms with Gasteiger partial charge in [0, 0.05) is 64.5 Å². The Morgan fingerprint density at radius 3 is 2.62 bits per heavy atom. The molecule has 0 atom stereocenters. The number of carbonyl (C=O) groups excluding carboxylic acids is 1. The fourth-order valence-electron chi connectivity index (χ4n) is 6.99. The molecule has 0 unspecified atom stereocenters. The molecule has 0 radical (unpaired) electrons. The third-order valence-electron chi connectivity index (χ3n) is 9.36. The summed E-state index contributed by atoms with van der Waals surface area (Å²) in [6, 6.07) is 14.7. The standard InChI is InChI=1S/C37H37ClFN5O4/c1-21-33-31-12-11-29(38)35(33)34-22(2)42(3)41-30(34)20-47-19-26-18-27(43(4)40-26)9-7-23-15-24-17-25(39)8-10-28(24)32(16-23)48-14-6-13-44(31)36(21)37(45)46-5/h8,10-12,15-18H,6-7,9,13-14,19-20H2,1-5H3. The maximum Gasteiger partial charge on any atom is 0.354 e. The zero-order chi connectivity index (χ0) is 33.7. The van der Waals surface area contributed by atoms with Crippen molar-refractivity contribution < 1.29 is 23.4 Å². The Kier molecular flexibility index (Phi) is 8.47. The number of rotatable bonds is 1. The first-order valence-electron chi connectivity index (χ1n) is 16.0. The Bertz CT molecular complexity index is 2220. The first kappa shape index (κ1) is 31.9. The zero-order valence-electron chi connectivity index (χ0n) is 27.7. The smallest absolute Gasteiger partial charge is 0.354 e. The average Bonchev–Trinajstić information content (AvgIpc) is 3.66. The Hall–Kier alpha value is -4.67. The van der Waals surface area contributed by atoms with Crippen LogP contribution in [0.5, 0.6) is 5.75 Å². The van der Waals surface area contributed by atoms with Crippen molar-refractivity contribution in [2.24, 2.45) is 14.1 Å². The summed E-state index contributed by atoms with van der Waals surface area (Å²) in [5.41, 5.74) is 8.36. The minimum atomic E-state index is -0.428. The van der Waals surface area contributed by atoms with Crippen LogP contribution in [0, 0.1) is 19.7 Å². The normalized spacial score (nSPS) is 14.1. The van der Waals surface area contributed by atoms with Gasteiger partial charge in [0.1, 0.15) is 17.3 Å². The molecular weight excluding hydrogens is 633 g/mol. The van der Waals surface area contributed by atoms with Crippen LogP contribution >= 0.6 is 11.6 Å². The maximum atomic E-state index is 14.3. The van der Waals surface area contributed by atoms with Gasteiger partial charge in [-0.1, -0.05) is 17.7 Å². The number of fused-ring (bicyclic) bond motifs is 8. The van der Waals surface area contributed by atoms with E-state index in [0.717, 1.165) is 79.5 Å². The topological polar surface area (TPSA) is 85.3 Å². The second-order valence-corrected chi connectivity index (χ2v) is 12.8. The molecule has 0 spiro atoms. The van der Waals surface area contributed by atoms with Crippen molar-refractivity contribution in [3.63, 3.8) is 0 Å². The van der Waals surface area contributed by atoms with Gasteiger partial charge in [-0.2, -0.15) is 10.2 Å². The van der Waals surface area contributed by atoms with Gasteiger partial charge in [0.05, 0.1) is 38.3 Å². The summed E-state index contributed by atoms with van der Waals surface area (Å²) in [6.07, 6.45) is 2.06. The number of hydrogen-bond acceptors (Lipinski definition) is 6. The van der Waals surface area contributed by atoms with Crippen molar-refractivity contribution >= 4 is 39.2 Å². The minimum Gasteiger partial charge on any atom is -0.493 e. The van der Waals surface area contributed by atoms with E-state index in [0.29, 0.717) is 42.6 Å². The summed E-state index contributed by atoms with van der Waals surface area (Å²) in [4.78, 5) is 13.3. The van der Waals surface area contributed by atoms with Gasteiger partial charge >= 0.3 is 5.97 Å². The molecule has 0 saturated carbocycles. The van der Waals surface area contributed by atoms with Crippen molar-refractivity contribution in [1.29, 1.82) is 0 Å². The van der Waals surface area contributed by atoms with Gasteiger partial charge in [0.2, 0.25) is 0 Å². The molecule has 0 aliphatic carbocycles. The van der Waals surface area contributed by atoms with E-state index in [1.54, 1.807) is 12.1 Å². The van der Waals surface area contributed by atoms with Crippen LogP contribution in [-0.4, -0.2) is 43.8 Å². The van der Waals surface area contributed by atoms with Gasteiger partial charge in [0.25, 0.3) is 0 Å². The lowest BCUT2D eigenvalue weighted by atomic mass is 9.97. The molecule has 7 rings (SSSR count). The Balaban J connectivity index is 1.37. The number of nitrogens with zero attached hydrogens (tertiary/aromatic N) is 5. The highest BCUT2D eigenvalue weighted by molar-refractivity contribution is 6.35. The Labute approximate surface area is 282 Å². The molecule has 1 aliphatic heterocycles. The molecule has 0 fully saturated rings. The van der Waals surface area contributed by atoms with E-state index in [1.807, 2.05) is 66.1 Å². The van der Waals surface area contributed by atoms with Crippen molar-refractivity contribution in [2.45, 2.75) is 52.9 Å². The maximum absolute atomic E-state index is 14.3. The van der Waals surface area contributed by atoms with Gasteiger partial charge in [-0.25, -0.2) is 9.18 Å². The van der Waals surface area contributed by atoms with Crippen molar-refractivity contribution in [1.82, 2.24) is 24.1 Å². The number of methoxy groups -OCH3 is 1. The van der Waals surface area contributed by atoms with Crippen LogP contribution in [0.2, 0.25) is 5.02 Å². The molecule has 9 nitrogen and oxygen atoms in total. The second-order valence-electron chi connectivity index (χ2n) is 12.4. The lowest BCUT2D eigenvalue weighted by Gasteiger charge is -2.14. The van der Waals surface area contributed by atoms with Crippen LogP contribution < -0.4 is 4.74 Å². The van der Waals surface area contributed by atoms with Gasteiger partial charge in [0.15, 0.2) is 0 Å². The average molecular weight is 670 g/mol. The summed E-state index contributed by atoms with van der Waals surface area (Å²) in [6.45, 7) is 5.35. The van der Waals surface area contributed by atoms with E-state index in [-0.39, 0.29) is 12.4 Å². The van der Waals surface area contributed by atoms with Crippen LogP contribution in [0.3, 0.4) is 0 Å². The van der Waals surface area contributed by atoms with E-state index in [9.17, 15) is 9.18 Å². The fraction of sp³-hybridized carbons (Fsp3) is 0.324. The van der Waals surface area contributed by atoms with Crippen molar-refractivity contribution in [3.05, 3.63) is 99.0 Å². The van der Waals surface area contributed by atoms with Gasteiger partial charge in [-0.15, -0.1) is 0 Å². The van der Waals surface area contributed by atoms with Crippen molar-refractivity contribution in [2.75, 3.05) is 13.7 Å². The number of hydrogen-bond donors (Lipinski definition) is 0. The third kappa shape index (κ3) is 5.62. The molecule has 0 N–H and O–H groups in total. The number of aryl methyl sites for hydroxylation is 6. The van der Waals surface area contributed by atoms with Crippen molar-refractivity contribution in [3.8, 4) is 16.9 Å². The van der Waals surface area contributed by atoms with E-state index in [4.69, 9.17) is 36.0 Å². The SMILES string of the molecule is COC(=O)c1c(C)c2c3c(Cl)ccc2n1CCCOc1cc(cc2cc(F)ccc12)CCc1cc(nn1C)COCc1nn(C)c(C)c1-3. The van der Waals surface area contributed by atoms with Crippen LogP contribution in [0.25, 0.3) is 32.8 Å². The quantitative estimate of drug-likeness (QED) is 0.170. The van der Waals surface area contributed by atoms with Gasteiger partial charge < -0.3 is 18.8 Å². The van der Waals surface area contributed by atoms with E-state index >= 15 is 0 Å². The molecule has 4 heterocycles. The Morgan fingerprint density at radius 1 is 0.979 bits per heavy atom. The number of ether oxygens (including phenoxy) is 3. The van der Waals surface area contributed by atoms with Crippen LogP contribution in [0.15, 0.2) is 48.5 Å². The summed E-state index contributed by atoms with van der Waals surface area (Å²) < 4.78 is 37.9. The fourth-order valence-corrected chi connectivity index (χ4v) is 7.24. The van der Waals surface area contributed by atoms with Crippen LogP contribution in [0.1, 0.15) is 50.8 Å². The monoisotopic (exact) mass is 669 g/mol. The first-order valence-corrected chi connectivity index (χ1v) is 16.4. The number of aromatic nitrogens is 5. The van der Waals surface area contributed by atoms with E-state index in [2.05, 4.69) is 6.07 Å². The predicted molar refractivity (Wildman–Crippen MR) is 183 cm³/mol. The van der Waals surface area contributed by atoms with E-state index in [1.165, 1.54) is 13.2 Å². The van der Waals surface area contributed by atoms with Gasteiger partial charge in [-0.05, 0) is 92.1 Å².